The van der Waals surface area contributed by atoms with Gasteiger partial charge in [-0.2, -0.15) is 0 Å². The van der Waals surface area contributed by atoms with Gasteiger partial charge in [-0.1, -0.05) is 19.9 Å². The number of likely N-dealkylation sites (tertiary alicyclic amines) is 1. The van der Waals surface area contributed by atoms with Crippen LogP contribution in [0.5, 0.6) is 11.5 Å². The number of ether oxygens (including phenoxy) is 3. The van der Waals surface area contributed by atoms with E-state index in [1.54, 1.807) is 14.2 Å². The Morgan fingerprint density at radius 2 is 1.72 bits per heavy atom. The summed E-state index contributed by atoms with van der Waals surface area (Å²) < 4.78 is 16.5. The maximum Gasteiger partial charge on any atom is 0.161 e. The van der Waals surface area contributed by atoms with Crippen molar-refractivity contribution >= 4 is 24.8 Å². The van der Waals surface area contributed by atoms with Crippen LogP contribution in [0.2, 0.25) is 0 Å². The van der Waals surface area contributed by atoms with Gasteiger partial charge in [-0.05, 0) is 68.8 Å². The highest BCUT2D eigenvalue weighted by atomic mass is 35.5. The van der Waals surface area contributed by atoms with E-state index < -0.39 is 6.10 Å². The van der Waals surface area contributed by atoms with Gasteiger partial charge in [-0.15, -0.1) is 24.8 Å². The number of nitrogens with zero attached hydrogens (tertiary/aromatic N) is 1. The Morgan fingerprint density at radius 3 is 2.31 bits per heavy atom. The Morgan fingerprint density at radius 1 is 1.03 bits per heavy atom. The molecule has 1 aliphatic rings. The molecule has 3 N–H and O–H groups in total. The lowest BCUT2D eigenvalue weighted by atomic mass is 9.91. The molecule has 0 aromatic heterocycles. The molecule has 1 aromatic rings. The number of halogens is 2. The maximum atomic E-state index is 11.1. The molecule has 0 spiro atoms. The summed E-state index contributed by atoms with van der Waals surface area (Å²) in [6.07, 6.45) is 5.27. The Labute approximate surface area is 207 Å². The van der Waals surface area contributed by atoms with Gasteiger partial charge >= 0.3 is 0 Å². The van der Waals surface area contributed by atoms with Crippen LogP contribution in [-0.4, -0.2) is 68.7 Å². The molecule has 1 unspecified atom stereocenters. The summed E-state index contributed by atoms with van der Waals surface area (Å²) in [5, 5.41) is 11.1. The molecule has 3 atom stereocenters. The van der Waals surface area contributed by atoms with E-state index in [-0.39, 0.29) is 36.9 Å². The Bertz CT molecular complexity index is 616. The summed E-state index contributed by atoms with van der Waals surface area (Å²) in [6.45, 7) is 7.68. The quantitative estimate of drug-likeness (QED) is 0.379. The minimum absolute atomic E-state index is 0. The van der Waals surface area contributed by atoms with Gasteiger partial charge < -0.3 is 25.1 Å². The fraction of sp³-hybridized carbons (Fsp3) is 0.750. The topological polar surface area (TPSA) is 77.2 Å². The molecule has 2 rings (SSSR count). The van der Waals surface area contributed by atoms with Crippen LogP contribution >= 0.6 is 24.8 Å². The molecule has 1 aromatic carbocycles. The zero-order chi connectivity index (χ0) is 21.9. The summed E-state index contributed by atoms with van der Waals surface area (Å²) in [7, 11) is 3.35. The van der Waals surface area contributed by atoms with Crippen molar-refractivity contribution in [2.75, 3.05) is 40.5 Å². The molecular weight excluding hydrogens is 451 g/mol. The fourth-order valence-corrected chi connectivity index (χ4v) is 4.11. The molecule has 0 saturated carbocycles. The molecule has 32 heavy (non-hydrogen) atoms. The van der Waals surface area contributed by atoms with Gasteiger partial charge in [0.05, 0.1) is 19.8 Å². The van der Waals surface area contributed by atoms with Gasteiger partial charge in [0.1, 0.15) is 0 Å². The van der Waals surface area contributed by atoms with Crippen molar-refractivity contribution in [3.05, 3.63) is 23.8 Å². The van der Waals surface area contributed by atoms with E-state index >= 15 is 0 Å². The number of hydrogen-bond acceptors (Lipinski definition) is 6. The second kappa shape index (κ2) is 16.8. The normalized spacial score (nSPS) is 16.7. The first kappa shape index (κ1) is 31.2. The second-order valence-electron chi connectivity index (χ2n) is 8.82. The minimum Gasteiger partial charge on any atom is -0.493 e. The number of aliphatic hydroxyl groups is 1. The Balaban J connectivity index is 0.00000480. The van der Waals surface area contributed by atoms with Crippen LogP contribution in [-0.2, 0) is 11.2 Å². The van der Waals surface area contributed by atoms with Gasteiger partial charge in [-0.3, -0.25) is 4.90 Å². The predicted octanol–water partition coefficient (Wildman–Crippen LogP) is 4.09. The summed E-state index contributed by atoms with van der Waals surface area (Å²) in [5.74, 6) is 2.06. The number of hydrogen-bond donors (Lipinski definition) is 2. The van der Waals surface area contributed by atoms with Crippen LogP contribution in [0.1, 0.15) is 51.5 Å². The van der Waals surface area contributed by atoms with Crippen molar-refractivity contribution < 1.29 is 19.3 Å². The third kappa shape index (κ3) is 10.0. The van der Waals surface area contributed by atoms with E-state index in [2.05, 4.69) is 24.8 Å². The Hall–Kier alpha value is -0.760. The van der Waals surface area contributed by atoms with Gasteiger partial charge in [0.2, 0.25) is 0 Å². The fourth-order valence-electron chi connectivity index (χ4n) is 4.11. The summed E-state index contributed by atoms with van der Waals surface area (Å²) in [5.41, 5.74) is 7.55. The lowest BCUT2D eigenvalue weighted by Crippen LogP contribution is -2.51. The van der Waals surface area contributed by atoms with E-state index in [0.717, 1.165) is 55.8 Å². The molecule has 1 fully saturated rings. The lowest BCUT2D eigenvalue weighted by Gasteiger charge is -2.35. The van der Waals surface area contributed by atoms with Crippen molar-refractivity contribution in [3.63, 3.8) is 0 Å². The second-order valence-corrected chi connectivity index (χ2v) is 8.82. The number of benzene rings is 1. The smallest absolute Gasteiger partial charge is 0.161 e. The predicted molar refractivity (Wildman–Crippen MR) is 136 cm³/mol. The average molecular weight is 496 g/mol. The number of methoxy groups -OCH3 is 2. The van der Waals surface area contributed by atoms with Gasteiger partial charge in [0.25, 0.3) is 0 Å². The number of aliphatic hydroxyl groups excluding tert-OH is 1. The molecule has 0 amide bonds. The van der Waals surface area contributed by atoms with Gasteiger partial charge in [0, 0.05) is 32.2 Å². The van der Waals surface area contributed by atoms with Crippen molar-refractivity contribution in [2.45, 2.75) is 70.6 Å². The maximum absolute atomic E-state index is 11.1. The van der Waals surface area contributed by atoms with Crippen LogP contribution in [0.15, 0.2) is 18.2 Å². The highest BCUT2D eigenvalue weighted by Crippen LogP contribution is 2.30. The monoisotopic (exact) mass is 494 g/mol. The molecule has 0 radical (unpaired) electrons. The molecule has 6 nitrogen and oxygen atoms in total. The molecule has 0 bridgehead atoms. The first-order valence-corrected chi connectivity index (χ1v) is 11.4. The van der Waals surface area contributed by atoms with E-state index in [1.807, 2.05) is 12.1 Å². The number of rotatable bonds is 14. The first-order chi connectivity index (χ1) is 14.5. The summed E-state index contributed by atoms with van der Waals surface area (Å²) in [6, 6.07) is 5.87. The van der Waals surface area contributed by atoms with Crippen LogP contribution in [0, 0.1) is 5.92 Å². The summed E-state index contributed by atoms with van der Waals surface area (Å²) in [4.78, 5) is 2.41. The first-order valence-electron chi connectivity index (χ1n) is 11.4. The molecule has 1 aliphatic heterocycles. The third-order valence-electron chi connectivity index (χ3n) is 5.94. The highest BCUT2D eigenvalue weighted by molar-refractivity contribution is 5.85. The highest BCUT2D eigenvalue weighted by Gasteiger charge is 2.32. The Kier molecular flexibility index (Phi) is 16.4. The largest absolute Gasteiger partial charge is 0.493 e. The zero-order valence-electron chi connectivity index (χ0n) is 20.1. The van der Waals surface area contributed by atoms with Crippen LogP contribution < -0.4 is 15.2 Å². The van der Waals surface area contributed by atoms with Crippen LogP contribution in [0.4, 0.5) is 0 Å². The average Bonchev–Trinajstić information content (AvgIpc) is 3.27. The van der Waals surface area contributed by atoms with E-state index in [1.165, 1.54) is 12.8 Å². The summed E-state index contributed by atoms with van der Waals surface area (Å²) >= 11 is 0. The van der Waals surface area contributed by atoms with Crippen molar-refractivity contribution in [1.82, 2.24) is 4.90 Å². The van der Waals surface area contributed by atoms with E-state index in [0.29, 0.717) is 19.1 Å². The van der Waals surface area contributed by atoms with E-state index in [4.69, 9.17) is 19.9 Å². The van der Waals surface area contributed by atoms with Crippen molar-refractivity contribution in [3.8, 4) is 11.5 Å². The van der Waals surface area contributed by atoms with Crippen LogP contribution in [0.3, 0.4) is 0 Å². The van der Waals surface area contributed by atoms with E-state index in [9.17, 15) is 5.11 Å². The van der Waals surface area contributed by atoms with Crippen LogP contribution in [0.25, 0.3) is 0 Å². The number of nitrogens with two attached hydrogens (primary N) is 1. The third-order valence-corrected chi connectivity index (χ3v) is 5.94. The molecule has 1 saturated heterocycles. The molecule has 188 valence electrons. The molecule has 1 heterocycles. The standard InChI is InChI=1S/C24H42N2O4.2ClH/c1-18(2)8-10-20(25)24(27)21(26-12-5-6-13-26)16-19-9-11-22(29-4)23(17-19)30-15-7-14-28-3;;/h9,11,17-18,20-21,24,27H,5-8,10,12-16,25H2,1-4H3;2*1H/t20-,21?,24-;;/m0../s1. The van der Waals surface area contributed by atoms with Gasteiger partial charge in [0.15, 0.2) is 11.5 Å². The SMILES string of the molecule is COCCCOc1cc(CC([C@@H](O)[C@@H](N)CCC(C)C)N2CCCC2)ccc1OC.Cl.Cl. The van der Waals surface area contributed by atoms with Gasteiger partial charge in [-0.25, -0.2) is 0 Å². The molecule has 8 heteroatoms. The molecule has 0 aliphatic carbocycles. The molecular formula is C24H44Cl2N2O4. The zero-order valence-corrected chi connectivity index (χ0v) is 21.8. The lowest BCUT2D eigenvalue weighted by molar-refractivity contribution is 0.0399. The van der Waals surface area contributed by atoms with Crippen molar-refractivity contribution in [2.24, 2.45) is 11.7 Å². The van der Waals surface area contributed by atoms with Crippen molar-refractivity contribution in [1.29, 1.82) is 0 Å². The minimum atomic E-state index is -0.546.